The molecule has 0 aliphatic rings. The molecule has 1 unspecified atom stereocenters. The lowest BCUT2D eigenvalue weighted by Crippen LogP contribution is -2.05. The van der Waals surface area contributed by atoms with Crippen LogP contribution in [0.3, 0.4) is 0 Å². The summed E-state index contributed by atoms with van der Waals surface area (Å²) in [6.45, 7) is 2.03. The number of fused-ring (bicyclic) bond motifs is 2. The molecule has 2 aromatic carbocycles. The lowest BCUT2D eigenvalue weighted by atomic mass is 10.0. The fourth-order valence-corrected chi connectivity index (χ4v) is 3.65. The van der Waals surface area contributed by atoms with Gasteiger partial charge in [-0.3, -0.25) is 4.79 Å². The van der Waals surface area contributed by atoms with Crippen molar-refractivity contribution in [1.29, 1.82) is 0 Å². The van der Waals surface area contributed by atoms with Crippen molar-refractivity contribution in [3.05, 3.63) is 58.3 Å². The molecule has 0 fully saturated rings. The standard InChI is InChI=1S/C16H13ClOS/c1-2-12(17)10-7-5-9-14-15(10)16(18)11-6-3-4-8-13(11)19-14/h3-9,12H,2H2,1H3. The van der Waals surface area contributed by atoms with Crippen LogP contribution >= 0.6 is 22.9 Å². The van der Waals surface area contributed by atoms with Gasteiger partial charge in [0.2, 0.25) is 0 Å². The summed E-state index contributed by atoms with van der Waals surface area (Å²) in [5.41, 5.74) is 1.05. The number of hydrogen-bond donors (Lipinski definition) is 0. The first-order chi connectivity index (χ1) is 9.22. The van der Waals surface area contributed by atoms with Crippen LogP contribution in [0.4, 0.5) is 0 Å². The molecule has 0 bridgehead atoms. The monoisotopic (exact) mass is 288 g/mol. The highest BCUT2D eigenvalue weighted by Crippen LogP contribution is 2.32. The summed E-state index contributed by atoms with van der Waals surface area (Å²) in [5, 5.41) is 1.46. The molecule has 0 saturated heterocycles. The molecule has 3 heteroatoms. The van der Waals surface area contributed by atoms with Gasteiger partial charge in [0.25, 0.3) is 0 Å². The van der Waals surface area contributed by atoms with Crippen LogP contribution in [0.1, 0.15) is 24.3 Å². The number of rotatable bonds is 2. The highest BCUT2D eigenvalue weighted by molar-refractivity contribution is 7.24. The van der Waals surface area contributed by atoms with Crippen LogP contribution in [0, 0.1) is 0 Å². The minimum atomic E-state index is -0.107. The van der Waals surface area contributed by atoms with Gasteiger partial charge in [-0.15, -0.1) is 22.9 Å². The van der Waals surface area contributed by atoms with Gasteiger partial charge in [-0.05, 0) is 30.2 Å². The van der Waals surface area contributed by atoms with Gasteiger partial charge >= 0.3 is 0 Å². The number of hydrogen-bond acceptors (Lipinski definition) is 2. The second-order valence-electron chi connectivity index (χ2n) is 4.52. The van der Waals surface area contributed by atoms with Crippen molar-refractivity contribution >= 4 is 43.1 Å². The molecule has 0 amide bonds. The molecule has 0 aliphatic heterocycles. The van der Waals surface area contributed by atoms with Gasteiger partial charge in [0, 0.05) is 20.2 Å². The first-order valence-electron chi connectivity index (χ1n) is 6.31. The van der Waals surface area contributed by atoms with Crippen LogP contribution in [0.2, 0.25) is 0 Å². The van der Waals surface area contributed by atoms with Gasteiger partial charge in [-0.25, -0.2) is 0 Å². The first-order valence-corrected chi connectivity index (χ1v) is 7.56. The average molecular weight is 289 g/mol. The summed E-state index contributed by atoms with van der Waals surface area (Å²) in [4.78, 5) is 12.7. The smallest absolute Gasteiger partial charge is 0.196 e. The van der Waals surface area contributed by atoms with Gasteiger partial charge in [0.15, 0.2) is 5.43 Å². The quantitative estimate of drug-likeness (QED) is 0.473. The lowest BCUT2D eigenvalue weighted by molar-refractivity contribution is 0.891. The first kappa shape index (κ1) is 12.6. The van der Waals surface area contributed by atoms with Gasteiger partial charge in [0.05, 0.1) is 5.38 Å². The molecule has 1 nitrogen and oxygen atoms in total. The predicted molar refractivity (Wildman–Crippen MR) is 84.5 cm³/mol. The maximum atomic E-state index is 12.7. The highest BCUT2D eigenvalue weighted by Gasteiger charge is 2.14. The van der Waals surface area contributed by atoms with Crippen molar-refractivity contribution in [2.75, 3.05) is 0 Å². The normalized spacial score (nSPS) is 12.9. The number of halogens is 1. The number of benzene rings is 2. The van der Waals surface area contributed by atoms with E-state index in [2.05, 4.69) is 0 Å². The summed E-state index contributed by atoms with van der Waals surface area (Å²) in [6, 6.07) is 13.7. The Morgan fingerprint density at radius 3 is 2.63 bits per heavy atom. The third-order valence-corrected chi connectivity index (χ3v) is 5.01. The Kier molecular flexibility index (Phi) is 3.29. The summed E-state index contributed by atoms with van der Waals surface area (Å²) in [7, 11) is 0. The molecule has 1 aromatic heterocycles. The Labute approximate surface area is 120 Å². The fourth-order valence-electron chi connectivity index (χ4n) is 2.35. The van der Waals surface area contributed by atoms with Gasteiger partial charge in [-0.1, -0.05) is 31.2 Å². The van der Waals surface area contributed by atoms with Crippen molar-refractivity contribution in [3.63, 3.8) is 0 Å². The molecular weight excluding hydrogens is 276 g/mol. The zero-order valence-corrected chi connectivity index (χ0v) is 12.1. The molecule has 3 aromatic rings. The van der Waals surface area contributed by atoms with E-state index in [9.17, 15) is 4.79 Å². The lowest BCUT2D eigenvalue weighted by Gasteiger charge is -2.10. The molecule has 1 heterocycles. The molecule has 0 saturated carbocycles. The van der Waals surface area contributed by atoms with Gasteiger partial charge in [0.1, 0.15) is 0 Å². The van der Waals surface area contributed by atoms with Gasteiger partial charge < -0.3 is 0 Å². The van der Waals surface area contributed by atoms with E-state index in [1.54, 1.807) is 11.3 Å². The molecular formula is C16H13ClOS. The Balaban J connectivity index is 2.49. The van der Waals surface area contributed by atoms with Crippen LogP contribution in [0.15, 0.2) is 47.3 Å². The van der Waals surface area contributed by atoms with E-state index in [-0.39, 0.29) is 10.8 Å². The topological polar surface area (TPSA) is 17.1 Å². The Morgan fingerprint density at radius 1 is 1.11 bits per heavy atom. The maximum absolute atomic E-state index is 12.7. The molecule has 19 heavy (non-hydrogen) atoms. The molecule has 1 atom stereocenters. The van der Waals surface area contributed by atoms with E-state index in [0.29, 0.717) is 0 Å². The summed E-state index contributed by atoms with van der Waals surface area (Å²) >= 11 is 8.01. The van der Waals surface area contributed by atoms with E-state index >= 15 is 0 Å². The molecule has 0 N–H and O–H groups in total. The van der Waals surface area contributed by atoms with E-state index in [1.165, 1.54) is 0 Å². The summed E-state index contributed by atoms with van der Waals surface area (Å²) in [5.74, 6) is 0. The molecule has 96 valence electrons. The van der Waals surface area contributed by atoms with Crippen LogP contribution in [-0.4, -0.2) is 0 Å². The van der Waals surface area contributed by atoms with Gasteiger partial charge in [-0.2, -0.15) is 0 Å². The predicted octanol–water partition coefficient (Wildman–Crippen LogP) is 5.10. The van der Waals surface area contributed by atoms with Crippen molar-refractivity contribution in [2.45, 2.75) is 18.7 Å². The zero-order valence-electron chi connectivity index (χ0n) is 10.5. The van der Waals surface area contributed by atoms with Crippen molar-refractivity contribution in [3.8, 4) is 0 Å². The van der Waals surface area contributed by atoms with Crippen molar-refractivity contribution in [1.82, 2.24) is 0 Å². The maximum Gasteiger partial charge on any atom is 0.196 e. The molecule has 0 radical (unpaired) electrons. The van der Waals surface area contributed by atoms with E-state index in [1.807, 2.05) is 49.4 Å². The van der Waals surface area contributed by atoms with E-state index < -0.39 is 0 Å². The Bertz CT molecular complexity index is 807. The van der Waals surface area contributed by atoms with Crippen LogP contribution in [0.5, 0.6) is 0 Å². The second kappa shape index (κ2) is 4.95. The van der Waals surface area contributed by atoms with Crippen molar-refractivity contribution in [2.24, 2.45) is 0 Å². The Hall–Kier alpha value is -1.38. The SMILES string of the molecule is CCC(Cl)c1cccc2sc3ccccc3c(=O)c12. The minimum Gasteiger partial charge on any atom is -0.288 e. The van der Waals surface area contributed by atoms with Crippen LogP contribution < -0.4 is 5.43 Å². The third-order valence-electron chi connectivity index (χ3n) is 3.33. The fraction of sp³-hybridized carbons (Fsp3) is 0.188. The molecule has 0 spiro atoms. The van der Waals surface area contributed by atoms with Crippen LogP contribution in [-0.2, 0) is 0 Å². The summed E-state index contributed by atoms with van der Waals surface area (Å²) < 4.78 is 2.04. The molecule has 0 aliphatic carbocycles. The summed E-state index contributed by atoms with van der Waals surface area (Å²) in [6.07, 6.45) is 0.817. The highest BCUT2D eigenvalue weighted by atomic mass is 35.5. The molecule has 3 rings (SSSR count). The number of alkyl halides is 1. The largest absolute Gasteiger partial charge is 0.288 e. The van der Waals surface area contributed by atoms with E-state index in [4.69, 9.17) is 11.6 Å². The Morgan fingerprint density at radius 2 is 1.84 bits per heavy atom. The van der Waals surface area contributed by atoms with Crippen molar-refractivity contribution < 1.29 is 0 Å². The minimum absolute atomic E-state index is 0.0963. The third kappa shape index (κ3) is 2.05. The van der Waals surface area contributed by atoms with E-state index in [0.717, 1.165) is 32.2 Å². The average Bonchev–Trinajstić information content (AvgIpc) is 2.46. The zero-order chi connectivity index (χ0) is 13.4. The second-order valence-corrected chi connectivity index (χ2v) is 6.13. The van der Waals surface area contributed by atoms with Crippen LogP contribution in [0.25, 0.3) is 20.2 Å².